The Kier molecular flexibility index (Phi) is 5.22. The van der Waals surface area contributed by atoms with Crippen molar-refractivity contribution in [1.82, 2.24) is 0 Å². The van der Waals surface area contributed by atoms with Crippen molar-refractivity contribution in [2.75, 3.05) is 0 Å². The molecule has 3 aromatic rings. The molecule has 0 aliphatic carbocycles. The maximum absolute atomic E-state index is 11.1. The quantitative estimate of drug-likeness (QED) is 0.343. The van der Waals surface area contributed by atoms with Crippen LogP contribution in [-0.4, -0.2) is 13.0 Å². The van der Waals surface area contributed by atoms with Gasteiger partial charge in [-0.1, -0.05) is 0 Å². The van der Waals surface area contributed by atoms with Crippen molar-refractivity contribution in [2.45, 2.75) is 4.90 Å². The zero-order valence-corrected chi connectivity index (χ0v) is 19.7. The van der Waals surface area contributed by atoms with E-state index < -0.39 is 33.5 Å². The third-order valence-corrected chi connectivity index (χ3v) is 9.40. The third-order valence-electron chi connectivity index (χ3n) is 2.95. The Morgan fingerprint density at radius 3 is 2.25 bits per heavy atom. The van der Waals surface area contributed by atoms with Gasteiger partial charge in [-0.2, -0.15) is 0 Å². The zero-order chi connectivity index (χ0) is 13.6. The van der Waals surface area contributed by atoms with Crippen molar-refractivity contribution in [1.29, 1.82) is 0 Å². The first kappa shape index (κ1) is 16.7. The van der Waals surface area contributed by atoms with Gasteiger partial charge in [-0.15, -0.1) is 0 Å². The van der Waals surface area contributed by atoms with E-state index in [0.29, 0.717) is 16.6 Å². The standard InChI is InChI=1S/C12H7O4S.ClH.Hg.Na/c13-17(14,15)8-5-6-12-10(7-8)9-3-1-2-4-11(9)16-12;;;/h2-7H,(H,13,14,15);1H;;/q;;2*+1/p-2. The Balaban J connectivity index is 0.00000147. The Morgan fingerprint density at radius 1 is 1.05 bits per heavy atom. The number of hydrogen-bond donors (Lipinski definition) is 0. The van der Waals surface area contributed by atoms with Crippen LogP contribution >= 0.6 is 8.25 Å². The van der Waals surface area contributed by atoms with Gasteiger partial charge < -0.3 is 0 Å². The summed E-state index contributed by atoms with van der Waals surface area (Å²) in [5.74, 6) is 0. The predicted molar refractivity (Wildman–Crippen MR) is 67.2 cm³/mol. The second kappa shape index (κ2) is 6.24. The van der Waals surface area contributed by atoms with E-state index in [1.165, 1.54) is 18.2 Å². The summed E-state index contributed by atoms with van der Waals surface area (Å²) in [7, 11) is 1.53. The largest absolute Gasteiger partial charge is 1.00 e. The average Bonchev–Trinajstić information content (AvgIpc) is 2.74. The van der Waals surface area contributed by atoms with Gasteiger partial charge in [0.15, 0.2) is 0 Å². The van der Waals surface area contributed by atoms with E-state index in [4.69, 9.17) is 12.7 Å². The summed E-state index contributed by atoms with van der Waals surface area (Å²) in [6.45, 7) is 0. The van der Waals surface area contributed by atoms with Crippen molar-refractivity contribution in [3.8, 4) is 0 Å². The van der Waals surface area contributed by atoms with Crippen molar-refractivity contribution in [3.63, 3.8) is 0 Å². The van der Waals surface area contributed by atoms with Gasteiger partial charge in [0.2, 0.25) is 0 Å². The van der Waals surface area contributed by atoms with E-state index in [1.807, 2.05) is 18.2 Å². The molecule has 2 aromatic carbocycles. The molecule has 94 valence electrons. The Labute approximate surface area is 153 Å². The Hall–Kier alpha value is 0.375. The van der Waals surface area contributed by atoms with Crippen LogP contribution in [0.2, 0.25) is 0 Å². The zero-order valence-electron chi connectivity index (χ0n) is 10.6. The number of fused-ring (bicyclic) bond motifs is 3. The van der Waals surface area contributed by atoms with Crippen LogP contribution in [0.4, 0.5) is 0 Å². The minimum absolute atomic E-state index is 0. The molecule has 0 amide bonds. The van der Waals surface area contributed by atoms with Gasteiger partial charge in [0.1, 0.15) is 0 Å². The molecule has 0 N–H and O–H groups in total. The van der Waals surface area contributed by atoms with E-state index in [1.54, 1.807) is 0 Å². The number of rotatable bonds is 2. The summed E-state index contributed by atoms with van der Waals surface area (Å²) in [6.07, 6.45) is 0. The van der Waals surface area contributed by atoms with Crippen molar-refractivity contribution >= 4 is 43.4 Å². The molecule has 8 heteroatoms. The summed E-state index contributed by atoms with van der Waals surface area (Å²) in [6, 6.07) is 9.82. The fourth-order valence-corrected chi connectivity index (χ4v) is 5.90. The van der Waals surface area contributed by atoms with Crippen molar-refractivity contribution in [2.24, 2.45) is 0 Å². The molecule has 0 spiro atoms. The first-order chi connectivity index (χ1) is 8.99. The van der Waals surface area contributed by atoms with Gasteiger partial charge in [-0.25, -0.2) is 0 Å². The Morgan fingerprint density at radius 2 is 1.65 bits per heavy atom. The Bertz CT molecular complexity index is 891. The molecule has 0 atom stereocenters. The summed E-state index contributed by atoms with van der Waals surface area (Å²) < 4.78 is 39.9. The molecule has 0 aliphatic rings. The molecule has 20 heavy (non-hydrogen) atoms. The molecule has 0 aliphatic heterocycles. The first-order valence-electron chi connectivity index (χ1n) is 5.46. The van der Waals surface area contributed by atoms with E-state index >= 15 is 0 Å². The van der Waals surface area contributed by atoms with Gasteiger partial charge >= 0.3 is 155 Å². The molecule has 0 fully saturated rings. The van der Waals surface area contributed by atoms with Crippen LogP contribution in [0.5, 0.6) is 0 Å². The van der Waals surface area contributed by atoms with Crippen LogP contribution < -0.4 is 32.6 Å². The smallest absolute Gasteiger partial charge is 1.00 e. The summed E-state index contributed by atoms with van der Waals surface area (Å²) in [5.41, 5.74) is 1.23. The molecular weight excluding hydrogens is 499 g/mol. The van der Waals surface area contributed by atoms with Gasteiger partial charge in [0, 0.05) is 0 Å². The first-order valence-corrected chi connectivity index (χ1v) is 16.4. The second-order valence-corrected chi connectivity index (χ2v) is 12.1. The molecule has 3 rings (SSSR count). The normalized spacial score (nSPS) is 11.3. The van der Waals surface area contributed by atoms with Crippen LogP contribution in [0.1, 0.15) is 0 Å². The summed E-state index contributed by atoms with van der Waals surface area (Å²) in [5, 5.41) is 1.44. The predicted octanol–water partition coefficient (Wildman–Crippen LogP) is -0.644. The number of furan rings is 1. The SMILES string of the molecule is O=S(=O)([O-])c1ccc2oc3cc[c]([Hg][Cl])cc3c2c1.[Na+]. The summed E-state index contributed by atoms with van der Waals surface area (Å²) >= 11 is -1.53. The van der Waals surface area contributed by atoms with Crippen LogP contribution in [0.15, 0.2) is 45.7 Å². The number of hydrogen-bond acceptors (Lipinski definition) is 4. The molecule has 0 radical (unpaired) electrons. The van der Waals surface area contributed by atoms with Gasteiger partial charge in [0.25, 0.3) is 0 Å². The molecule has 0 bridgehead atoms. The van der Waals surface area contributed by atoms with E-state index in [2.05, 4.69) is 0 Å². The van der Waals surface area contributed by atoms with Crippen molar-refractivity contribution in [3.05, 3.63) is 36.4 Å². The summed E-state index contributed by atoms with van der Waals surface area (Å²) in [4.78, 5) is -0.247. The monoisotopic (exact) mass is 506 g/mol. The molecule has 0 saturated heterocycles. The van der Waals surface area contributed by atoms with Crippen molar-refractivity contribution < 1.29 is 70.3 Å². The average molecular weight is 505 g/mol. The fourth-order valence-electron chi connectivity index (χ4n) is 2.04. The van der Waals surface area contributed by atoms with E-state index in [0.717, 1.165) is 8.46 Å². The van der Waals surface area contributed by atoms with Crippen LogP contribution in [0.25, 0.3) is 21.9 Å². The number of benzene rings is 2. The van der Waals surface area contributed by atoms with E-state index in [-0.39, 0.29) is 34.5 Å². The molecule has 0 saturated carbocycles. The maximum Gasteiger partial charge on any atom is 1.00 e. The topological polar surface area (TPSA) is 70.3 Å². The maximum atomic E-state index is 11.1. The molecule has 1 heterocycles. The minimum atomic E-state index is -4.46. The van der Waals surface area contributed by atoms with Gasteiger partial charge in [-0.3, -0.25) is 0 Å². The van der Waals surface area contributed by atoms with Crippen LogP contribution in [0.3, 0.4) is 0 Å². The van der Waals surface area contributed by atoms with E-state index in [9.17, 15) is 13.0 Å². The number of halogens is 1. The van der Waals surface area contributed by atoms with Crippen LogP contribution in [-0.2, 0) is 33.5 Å². The third kappa shape index (κ3) is 3.09. The second-order valence-electron chi connectivity index (χ2n) is 4.18. The molecule has 4 nitrogen and oxygen atoms in total. The van der Waals surface area contributed by atoms with Crippen LogP contribution in [0, 0.1) is 0 Å². The molecule has 0 unspecified atom stereocenters. The molecule has 1 aromatic heterocycles. The minimum Gasteiger partial charge on any atom is 1.00 e. The van der Waals surface area contributed by atoms with Gasteiger partial charge in [-0.05, 0) is 0 Å². The fraction of sp³-hybridized carbons (Fsp3) is 0. The molecular formula is C12H6ClHgNaO4S. The van der Waals surface area contributed by atoms with Gasteiger partial charge in [0.05, 0.1) is 0 Å².